The van der Waals surface area contributed by atoms with Crippen molar-refractivity contribution in [3.8, 4) is 12.3 Å². The molecule has 0 bridgehead atoms. The highest BCUT2D eigenvalue weighted by molar-refractivity contribution is 7.92. The monoisotopic (exact) mass is 557 g/mol. The third-order valence-corrected chi connectivity index (χ3v) is 10.9. The Bertz CT molecular complexity index is 1350. The Labute approximate surface area is 228 Å². The summed E-state index contributed by atoms with van der Waals surface area (Å²) in [6.45, 7) is 6.31. The van der Waals surface area contributed by atoms with Gasteiger partial charge in [-0.3, -0.25) is 9.59 Å². The Hall–Kier alpha value is -2.74. The number of nitrogens with one attached hydrogen (secondary N) is 1. The van der Waals surface area contributed by atoms with Gasteiger partial charge in [-0.2, -0.15) is 0 Å². The summed E-state index contributed by atoms with van der Waals surface area (Å²) in [5.41, 5.74) is 0.641. The highest BCUT2D eigenvalue weighted by atomic mass is 32.2. The van der Waals surface area contributed by atoms with Crippen molar-refractivity contribution in [2.75, 3.05) is 24.7 Å². The Balaban J connectivity index is 1.50. The maximum atomic E-state index is 12.9. The second-order valence-corrected chi connectivity index (χ2v) is 14.0. The number of sulfone groups is 1. The number of amides is 2. The molecule has 38 heavy (non-hydrogen) atoms. The van der Waals surface area contributed by atoms with Crippen molar-refractivity contribution in [2.24, 2.45) is 23.2 Å². The molecule has 1 aromatic heterocycles. The Morgan fingerprint density at radius 1 is 1.34 bits per heavy atom. The van der Waals surface area contributed by atoms with E-state index < -0.39 is 27.6 Å². The van der Waals surface area contributed by atoms with Crippen LogP contribution in [0.15, 0.2) is 35.2 Å². The second-order valence-electron chi connectivity index (χ2n) is 11.0. The summed E-state index contributed by atoms with van der Waals surface area (Å²) in [6, 6.07) is 7.89. The molecule has 2 aliphatic carbocycles. The van der Waals surface area contributed by atoms with Crippen LogP contribution in [0.5, 0.6) is 0 Å². The zero-order valence-corrected chi connectivity index (χ0v) is 23.8. The minimum atomic E-state index is -3.77. The SMILES string of the molecule is C#CCN(C)C(=O)[C@@H](C)[C@@H]1CC[C@@]2(C)Cc3sc(NC(=O)CS(=O)(=O)c4ccccc4)nc3[C@@H](C)[C@@H]2[C@H]1O. The Morgan fingerprint density at radius 3 is 2.68 bits per heavy atom. The summed E-state index contributed by atoms with van der Waals surface area (Å²) < 4.78 is 25.2. The number of aromatic nitrogens is 1. The molecule has 0 saturated heterocycles. The number of fused-ring (bicyclic) bond motifs is 2. The van der Waals surface area contributed by atoms with Crippen molar-refractivity contribution in [1.29, 1.82) is 0 Å². The lowest BCUT2D eigenvalue weighted by Gasteiger charge is -2.53. The van der Waals surface area contributed by atoms with Crippen LogP contribution >= 0.6 is 11.3 Å². The van der Waals surface area contributed by atoms with Gasteiger partial charge in [-0.05, 0) is 48.6 Å². The molecule has 0 aliphatic heterocycles. The molecule has 1 fully saturated rings. The molecule has 1 saturated carbocycles. The Morgan fingerprint density at radius 2 is 2.03 bits per heavy atom. The van der Waals surface area contributed by atoms with E-state index >= 15 is 0 Å². The minimum Gasteiger partial charge on any atom is -0.392 e. The van der Waals surface area contributed by atoms with Gasteiger partial charge in [0.15, 0.2) is 15.0 Å². The minimum absolute atomic E-state index is 0.0659. The number of carbonyl (C=O) groups excluding carboxylic acids is 2. The number of benzene rings is 1. The van der Waals surface area contributed by atoms with Crippen LogP contribution in [0.2, 0.25) is 0 Å². The van der Waals surface area contributed by atoms with Crippen LogP contribution in [-0.4, -0.2) is 60.7 Å². The third kappa shape index (κ3) is 5.37. The van der Waals surface area contributed by atoms with Gasteiger partial charge in [0.05, 0.1) is 23.2 Å². The first kappa shape index (κ1) is 28.3. The van der Waals surface area contributed by atoms with Gasteiger partial charge in [-0.1, -0.05) is 44.9 Å². The molecule has 0 unspecified atom stereocenters. The van der Waals surface area contributed by atoms with Gasteiger partial charge in [-0.15, -0.1) is 17.8 Å². The van der Waals surface area contributed by atoms with Gasteiger partial charge < -0.3 is 15.3 Å². The van der Waals surface area contributed by atoms with Crippen molar-refractivity contribution in [1.82, 2.24) is 9.88 Å². The Kier molecular flexibility index (Phi) is 8.03. The number of terminal acetylenes is 1. The van der Waals surface area contributed by atoms with Gasteiger partial charge in [-0.25, -0.2) is 13.4 Å². The van der Waals surface area contributed by atoms with Crippen LogP contribution in [0.1, 0.15) is 50.1 Å². The molecular formula is C28H35N3O5S2. The first-order valence-corrected chi connectivity index (χ1v) is 15.3. The van der Waals surface area contributed by atoms with Gasteiger partial charge in [0, 0.05) is 23.8 Å². The van der Waals surface area contributed by atoms with Crippen LogP contribution in [0.3, 0.4) is 0 Å². The van der Waals surface area contributed by atoms with Gasteiger partial charge in [0.2, 0.25) is 11.8 Å². The molecule has 4 rings (SSSR count). The first-order chi connectivity index (χ1) is 17.9. The molecule has 2 N–H and O–H groups in total. The van der Waals surface area contributed by atoms with Gasteiger partial charge in [0.1, 0.15) is 5.75 Å². The molecule has 2 aliphatic rings. The van der Waals surface area contributed by atoms with E-state index in [2.05, 4.69) is 23.1 Å². The van der Waals surface area contributed by atoms with Crippen molar-refractivity contribution in [3.63, 3.8) is 0 Å². The fraction of sp³-hybridized carbons (Fsp3) is 0.536. The maximum Gasteiger partial charge on any atom is 0.241 e. The van der Waals surface area contributed by atoms with E-state index in [1.54, 1.807) is 25.2 Å². The molecular weight excluding hydrogens is 522 g/mol. The van der Waals surface area contributed by atoms with E-state index in [1.165, 1.54) is 28.4 Å². The van der Waals surface area contributed by atoms with Gasteiger partial charge >= 0.3 is 0 Å². The summed E-state index contributed by atoms with van der Waals surface area (Å²) in [7, 11) is -2.08. The third-order valence-electron chi connectivity index (χ3n) is 8.33. The molecule has 1 aromatic carbocycles. The van der Waals surface area contributed by atoms with E-state index in [9.17, 15) is 23.1 Å². The molecule has 10 heteroatoms. The fourth-order valence-corrected chi connectivity index (χ4v) is 8.82. The normalized spacial score (nSPS) is 27.4. The zero-order valence-electron chi connectivity index (χ0n) is 22.2. The van der Waals surface area contributed by atoms with E-state index in [0.717, 1.165) is 23.4 Å². The first-order valence-electron chi connectivity index (χ1n) is 12.8. The largest absolute Gasteiger partial charge is 0.392 e. The molecule has 8 nitrogen and oxygen atoms in total. The quantitative estimate of drug-likeness (QED) is 0.505. The number of carbonyl (C=O) groups is 2. The molecule has 0 radical (unpaired) electrons. The van der Waals surface area contributed by atoms with E-state index in [0.29, 0.717) is 11.6 Å². The summed E-state index contributed by atoms with van der Waals surface area (Å²) in [5, 5.41) is 14.6. The van der Waals surface area contributed by atoms with Crippen molar-refractivity contribution < 1.29 is 23.1 Å². The van der Waals surface area contributed by atoms with E-state index in [4.69, 9.17) is 6.42 Å². The van der Waals surface area contributed by atoms with Crippen LogP contribution < -0.4 is 5.32 Å². The number of aliphatic hydroxyl groups is 1. The zero-order chi connectivity index (χ0) is 27.8. The average molecular weight is 558 g/mol. The van der Waals surface area contributed by atoms with Crippen LogP contribution in [0.4, 0.5) is 5.13 Å². The van der Waals surface area contributed by atoms with Crippen molar-refractivity contribution >= 4 is 38.1 Å². The van der Waals surface area contributed by atoms with Crippen LogP contribution in [0.25, 0.3) is 0 Å². The lowest BCUT2D eigenvalue weighted by atomic mass is 9.53. The number of nitrogens with zero attached hydrogens (tertiary/aromatic N) is 2. The van der Waals surface area contributed by atoms with Crippen molar-refractivity contribution in [3.05, 3.63) is 40.9 Å². The summed E-state index contributed by atoms with van der Waals surface area (Å²) in [6.07, 6.45) is 6.98. The molecule has 2 aromatic rings. The average Bonchev–Trinajstić information content (AvgIpc) is 3.25. The smallest absolute Gasteiger partial charge is 0.241 e. The highest BCUT2D eigenvalue weighted by Crippen LogP contribution is 2.57. The second kappa shape index (κ2) is 10.8. The molecule has 2 amide bonds. The maximum absolute atomic E-state index is 12.9. The molecule has 1 heterocycles. The topological polar surface area (TPSA) is 117 Å². The number of rotatable bonds is 7. The number of anilines is 1. The lowest BCUT2D eigenvalue weighted by Crippen LogP contribution is -2.53. The number of hydrogen-bond donors (Lipinski definition) is 2. The number of thiazole rings is 1. The predicted molar refractivity (Wildman–Crippen MR) is 147 cm³/mol. The van der Waals surface area contributed by atoms with Crippen LogP contribution in [-0.2, 0) is 25.8 Å². The molecule has 0 spiro atoms. The predicted octanol–water partition coefficient (Wildman–Crippen LogP) is 3.34. The van der Waals surface area contributed by atoms with E-state index in [1.807, 2.05) is 13.8 Å². The van der Waals surface area contributed by atoms with E-state index in [-0.39, 0.29) is 46.4 Å². The summed E-state index contributed by atoms with van der Waals surface area (Å²) in [5.74, 6) is 0.369. The molecule has 6 atom stereocenters. The van der Waals surface area contributed by atoms with Crippen molar-refractivity contribution in [2.45, 2.75) is 57.0 Å². The molecule has 204 valence electrons. The standard InChI is InChI=1S/C28H35N3O5S2/c1-6-14-31(5)26(34)17(2)20-12-13-28(4)15-21-24(18(3)23(28)25(20)33)30-27(37-21)29-22(32)16-38(35,36)19-10-8-7-9-11-19/h1,7-11,17-18,20,23,25,33H,12-16H2,2-5H3,(H,29,30,32)/t17-,18-,20-,23+,25-,28-/m0/s1. The summed E-state index contributed by atoms with van der Waals surface area (Å²) >= 11 is 1.37. The number of aliphatic hydroxyl groups excluding tert-OH is 1. The van der Waals surface area contributed by atoms with Gasteiger partial charge in [0.25, 0.3) is 0 Å². The summed E-state index contributed by atoms with van der Waals surface area (Å²) in [4.78, 5) is 32.9. The lowest BCUT2D eigenvalue weighted by molar-refractivity contribution is -0.142. The van der Waals surface area contributed by atoms with Crippen LogP contribution in [0, 0.1) is 35.5 Å². The highest BCUT2D eigenvalue weighted by Gasteiger charge is 2.54. The fourth-order valence-electron chi connectivity index (χ4n) is 6.38. The number of hydrogen-bond acceptors (Lipinski definition) is 7.